The number of benzene rings is 1. The summed E-state index contributed by atoms with van der Waals surface area (Å²) in [6.45, 7) is 6.43. The summed E-state index contributed by atoms with van der Waals surface area (Å²) in [7, 11) is 2.07. The van der Waals surface area contributed by atoms with Gasteiger partial charge in [-0.25, -0.2) is 0 Å². The van der Waals surface area contributed by atoms with Crippen molar-refractivity contribution in [1.82, 2.24) is 5.32 Å². The van der Waals surface area contributed by atoms with Crippen LogP contribution in [0.15, 0.2) is 24.3 Å². The second-order valence-electron chi connectivity index (χ2n) is 6.40. The Hall–Kier alpha value is -1.02. The predicted molar refractivity (Wildman–Crippen MR) is 90.0 cm³/mol. The molecule has 1 N–H and O–H groups in total. The summed E-state index contributed by atoms with van der Waals surface area (Å²) in [5.74, 6) is 3.37. The van der Waals surface area contributed by atoms with Crippen molar-refractivity contribution in [2.75, 3.05) is 20.2 Å². The molecule has 1 aromatic rings. The minimum absolute atomic E-state index is 0.643. The maximum atomic E-state index is 6.01. The Kier molecular flexibility index (Phi) is 6.56. The molecule has 2 rings (SSSR count). The largest absolute Gasteiger partial charge is 0.493 e. The van der Waals surface area contributed by atoms with E-state index >= 15 is 0 Å². The molecule has 0 saturated heterocycles. The van der Waals surface area contributed by atoms with E-state index in [-0.39, 0.29) is 0 Å². The van der Waals surface area contributed by atoms with E-state index in [2.05, 4.69) is 50.5 Å². The summed E-state index contributed by atoms with van der Waals surface area (Å²) in [4.78, 5) is 0. The first-order valence-corrected chi connectivity index (χ1v) is 8.66. The summed E-state index contributed by atoms with van der Waals surface area (Å²) in [6, 6.07) is 8.70. The van der Waals surface area contributed by atoms with Crippen molar-refractivity contribution in [2.45, 2.75) is 51.9 Å². The molecule has 0 bridgehead atoms. The van der Waals surface area contributed by atoms with Crippen molar-refractivity contribution < 1.29 is 4.74 Å². The molecule has 1 aromatic carbocycles. The first kappa shape index (κ1) is 16.4. The highest BCUT2D eigenvalue weighted by Crippen LogP contribution is 2.44. The molecule has 3 atom stereocenters. The molecule has 21 heavy (non-hydrogen) atoms. The van der Waals surface area contributed by atoms with Gasteiger partial charge >= 0.3 is 0 Å². The average molecular weight is 289 g/mol. The van der Waals surface area contributed by atoms with Gasteiger partial charge in [-0.2, -0.15) is 0 Å². The van der Waals surface area contributed by atoms with E-state index in [9.17, 15) is 0 Å². The van der Waals surface area contributed by atoms with Crippen molar-refractivity contribution in [2.24, 2.45) is 11.8 Å². The van der Waals surface area contributed by atoms with Crippen LogP contribution in [0.1, 0.15) is 57.4 Å². The molecule has 1 saturated carbocycles. The fourth-order valence-electron chi connectivity index (χ4n) is 3.71. The Balaban J connectivity index is 2.22. The minimum atomic E-state index is 0.643. The van der Waals surface area contributed by atoms with Crippen LogP contribution in [0.25, 0.3) is 0 Å². The van der Waals surface area contributed by atoms with Crippen LogP contribution in [0.3, 0.4) is 0 Å². The standard InChI is InChI=1S/C19H31NO/c1-4-12-21-19-9-7-6-8-17(19)18-13-15(5-2)10-11-16(18)14-20-3/h6-9,15-16,18,20H,4-5,10-14H2,1-3H3. The van der Waals surface area contributed by atoms with E-state index < -0.39 is 0 Å². The van der Waals surface area contributed by atoms with Crippen LogP contribution in [0, 0.1) is 11.8 Å². The van der Waals surface area contributed by atoms with E-state index in [0.29, 0.717) is 5.92 Å². The second kappa shape index (κ2) is 8.43. The molecule has 0 amide bonds. The molecule has 0 heterocycles. The van der Waals surface area contributed by atoms with Crippen LogP contribution >= 0.6 is 0 Å². The highest BCUT2D eigenvalue weighted by atomic mass is 16.5. The zero-order chi connectivity index (χ0) is 15.1. The molecule has 1 aliphatic carbocycles. The van der Waals surface area contributed by atoms with E-state index in [0.717, 1.165) is 37.2 Å². The normalized spacial score (nSPS) is 25.8. The number of para-hydroxylation sites is 1. The van der Waals surface area contributed by atoms with Gasteiger partial charge in [0.25, 0.3) is 0 Å². The quantitative estimate of drug-likeness (QED) is 0.791. The Labute approximate surface area is 130 Å². The van der Waals surface area contributed by atoms with E-state index in [1.54, 1.807) is 0 Å². The Bertz CT molecular complexity index is 418. The van der Waals surface area contributed by atoms with Gasteiger partial charge in [0.1, 0.15) is 5.75 Å². The van der Waals surface area contributed by atoms with Crippen LogP contribution in [0.5, 0.6) is 5.75 Å². The predicted octanol–water partition coefficient (Wildman–Crippen LogP) is 4.60. The highest BCUT2D eigenvalue weighted by molar-refractivity contribution is 5.37. The van der Waals surface area contributed by atoms with Gasteiger partial charge in [0, 0.05) is 0 Å². The van der Waals surface area contributed by atoms with Crippen LogP contribution in [0.4, 0.5) is 0 Å². The SMILES string of the molecule is CCCOc1ccccc1C1CC(CC)CCC1CNC. The van der Waals surface area contributed by atoms with E-state index in [1.165, 1.54) is 31.2 Å². The van der Waals surface area contributed by atoms with Gasteiger partial charge in [0.2, 0.25) is 0 Å². The van der Waals surface area contributed by atoms with Crippen molar-refractivity contribution in [3.05, 3.63) is 29.8 Å². The van der Waals surface area contributed by atoms with Crippen LogP contribution in [0.2, 0.25) is 0 Å². The van der Waals surface area contributed by atoms with E-state index in [1.807, 2.05) is 0 Å². The molecule has 0 spiro atoms. The summed E-state index contributed by atoms with van der Waals surface area (Å²) in [5.41, 5.74) is 1.43. The van der Waals surface area contributed by atoms with Gasteiger partial charge in [0.15, 0.2) is 0 Å². The minimum Gasteiger partial charge on any atom is -0.493 e. The number of ether oxygens (including phenoxy) is 1. The topological polar surface area (TPSA) is 21.3 Å². The molecule has 1 aliphatic rings. The lowest BCUT2D eigenvalue weighted by atomic mass is 9.70. The van der Waals surface area contributed by atoms with Gasteiger partial charge in [0.05, 0.1) is 6.61 Å². The molecule has 0 aromatic heterocycles. The molecule has 2 heteroatoms. The summed E-state index contributed by atoms with van der Waals surface area (Å²) in [6.07, 6.45) is 6.41. The fourth-order valence-corrected chi connectivity index (χ4v) is 3.71. The van der Waals surface area contributed by atoms with Gasteiger partial charge in [-0.1, -0.05) is 44.9 Å². The highest BCUT2D eigenvalue weighted by Gasteiger charge is 2.32. The lowest BCUT2D eigenvalue weighted by molar-refractivity contribution is 0.221. The van der Waals surface area contributed by atoms with E-state index in [4.69, 9.17) is 4.74 Å². The third-order valence-electron chi connectivity index (χ3n) is 4.93. The summed E-state index contributed by atoms with van der Waals surface area (Å²) >= 11 is 0. The van der Waals surface area contributed by atoms with Crippen molar-refractivity contribution in [3.63, 3.8) is 0 Å². The van der Waals surface area contributed by atoms with Crippen LogP contribution in [-0.4, -0.2) is 20.2 Å². The Morgan fingerprint density at radius 2 is 2.00 bits per heavy atom. The number of hydrogen-bond donors (Lipinski definition) is 1. The van der Waals surface area contributed by atoms with Crippen molar-refractivity contribution in [1.29, 1.82) is 0 Å². The molecule has 3 unspecified atom stereocenters. The van der Waals surface area contributed by atoms with Crippen molar-refractivity contribution in [3.8, 4) is 5.75 Å². The molecular formula is C19H31NO. The molecule has 1 fully saturated rings. The molecule has 0 aliphatic heterocycles. The first-order chi connectivity index (χ1) is 10.3. The van der Waals surface area contributed by atoms with Gasteiger partial charge in [-0.3, -0.25) is 0 Å². The Morgan fingerprint density at radius 1 is 1.19 bits per heavy atom. The third-order valence-corrected chi connectivity index (χ3v) is 4.93. The number of rotatable bonds is 7. The lowest BCUT2D eigenvalue weighted by Gasteiger charge is -2.37. The third kappa shape index (κ3) is 4.23. The number of nitrogens with one attached hydrogen (secondary N) is 1. The first-order valence-electron chi connectivity index (χ1n) is 8.66. The fraction of sp³-hybridized carbons (Fsp3) is 0.684. The smallest absolute Gasteiger partial charge is 0.122 e. The number of hydrogen-bond acceptors (Lipinski definition) is 2. The second-order valence-corrected chi connectivity index (χ2v) is 6.40. The molecule has 0 radical (unpaired) electrons. The average Bonchev–Trinajstić information content (AvgIpc) is 2.54. The van der Waals surface area contributed by atoms with Gasteiger partial charge < -0.3 is 10.1 Å². The Morgan fingerprint density at radius 3 is 2.71 bits per heavy atom. The summed E-state index contributed by atoms with van der Waals surface area (Å²) in [5, 5.41) is 3.39. The zero-order valence-electron chi connectivity index (χ0n) is 13.9. The summed E-state index contributed by atoms with van der Waals surface area (Å²) < 4.78 is 6.01. The lowest BCUT2D eigenvalue weighted by Crippen LogP contribution is -2.30. The van der Waals surface area contributed by atoms with Crippen LogP contribution < -0.4 is 10.1 Å². The molecular weight excluding hydrogens is 258 g/mol. The molecule has 118 valence electrons. The maximum absolute atomic E-state index is 6.01. The van der Waals surface area contributed by atoms with Crippen molar-refractivity contribution >= 4 is 0 Å². The zero-order valence-corrected chi connectivity index (χ0v) is 13.9. The molecule has 2 nitrogen and oxygen atoms in total. The monoisotopic (exact) mass is 289 g/mol. The maximum Gasteiger partial charge on any atom is 0.122 e. The van der Waals surface area contributed by atoms with Crippen LogP contribution in [-0.2, 0) is 0 Å². The van der Waals surface area contributed by atoms with Gasteiger partial charge in [-0.05, 0) is 62.2 Å². The van der Waals surface area contributed by atoms with Gasteiger partial charge in [-0.15, -0.1) is 0 Å².